The first kappa shape index (κ1) is 40.6. The lowest BCUT2D eigenvalue weighted by Crippen LogP contribution is -2.53. The van der Waals surface area contributed by atoms with Crippen molar-refractivity contribution in [3.05, 3.63) is 156 Å². The number of anilines is 1. The van der Waals surface area contributed by atoms with E-state index in [4.69, 9.17) is 4.74 Å². The van der Waals surface area contributed by atoms with Crippen molar-refractivity contribution in [2.75, 3.05) is 18.4 Å². The Morgan fingerprint density at radius 3 is 1.91 bits per heavy atom. The molecule has 2 aromatic heterocycles. The summed E-state index contributed by atoms with van der Waals surface area (Å²) in [5, 5.41) is 16.5. The molecule has 1 fully saturated rings. The minimum absolute atomic E-state index is 0.0468. The highest BCUT2D eigenvalue weighted by molar-refractivity contribution is 7.62. The van der Waals surface area contributed by atoms with E-state index in [1.807, 2.05) is 88.4 Å². The number of carbonyl (C=O) groups excluding carboxylic acids is 1. The molecule has 11 nitrogen and oxygen atoms in total. The standard InChI is InChI=1S/C45H48FN8O3P/c1-31(2)58(56,32(3)4)54(27-17-26-47)40-37(28-51-45(34-20-11-6-12-21-34,35-22-13-7-14-23-35)36-24-15-8-16-25-36)57-44(38(40)46)53-30-50-39-41(48-29-49-42(39)53)52-43(55)33-18-9-5-10-19-33/h5-16,18-25,29-32,37-38,40,44,51H,17,27-28H2,1-4H3,(H,48,49,52,55)/t37-,38-,40-,44+/m1/s1. The maximum absolute atomic E-state index is 17.9. The molecule has 0 radical (unpaired) electrons. The van der Waals surface area contributed by atoms with Crippen LogP contribution < -0.4 is 10.6 Å². The molecular formula is C45H48FN8O3P. The van der Waals surface area contributed by atoms with Crippen molar-refractivity contribution in [1.29, 1.82) is 5.26 Å². The molecular weight excluding hydrogens is 751 g/mol. The van der Waals surface area contributed by atoms with Crippen molar-refractivity contribution < 1.29 is 18.5 Å². The summed E-state index contributed by atoms with van der Waals surface area (Å²) in [4.78, 5) is 26.5. The highest BCUT2D eigenvalue weighted by atomic mass is 31.2. The number of imidazole rings is 1. The number of fused-ring (bicyclic) bond motifs is 1. The van der Waals surface area contributed by atoms with Gasteiger partial charge in [-0.2, -0.15) is 5.26 Å². The molecule has 4 aromatic carbocycles. The molecule has 7 rings (SSSR count). The molecule has 1 aliphatic rings. The quantitative estimate of drug-likeness (QED) is 0.0773. The molecule has 4 atom stereocenters. The number of alkyl halides is 1. The number of amides is 1. The van der Waals surface area contributed by atoms with Gasteiger partial charge in [0, 0.05) is 36.4 Å². The first-order valence-corrected chi connectivity index (χ1v) is 21.4. The van der Waals surface area contributed by atoms with E-state index < -0.39 is 37.4 Å². The summed E-state index contributed by atoms with van der Waals surface area (Å²) in [6.45, 7) is 7.79. The van der Waals surface area contributed by atoms with E-state index in [1.165, 1.54) is 17.2 Å². The summed E-state index contributed by atoms with van der Waals surface area (Å²) in [6, 6.07) is 40.2. The van der Waals surface area contributed by atoms with Gasteiger partial charge in [0.2, 0.25) is 0 Å². The number of carbonyl (C=O) groups is 1. The number of benzene rings is 4. The van der Waals surface area contributed by atoms with Gasteiger partial charge in [0.05, 0.1) is 30.1 Å². The minimum Gasteiger partial charge on any atom is -0.348 e. The van der Waals surface area contributed by atoms with Gasteiger partial charge in [-0.15, -0.1) is 0 Å². The summed E-state index contributed by atoms with van der Waals surface area (Å²) in [7, 11) is -3.33. The van der Waals surface area contributed by atoms with E-state index in [2.05, 4.69) is 68.1 Å². The minimum atomic E-state index is -3.33. The fourth-order valence-electron chi connectivity index (χ4n) is 8.34. The Morgan fingerprint density at radius 2 is 1.40 bits per heavy atom. The second-order valence-corrected chi connectivity index (χ2v) is 19.0. The Morgan fingerprint density at radius 1 is 0.862 bits per heavy atom. The normalized spacial score (nSPS) is 18.5. The van der Waals surface area contributed by atoms with Crippen LogP contribution in [0.5, 0.6) is 0 Å². The molecule has 0 saturated carbocycles. The van der Waals surface area contributed by atoms with E-state index in [0.29, 0.717) is 5.56 Å². The first-order valence-electron chi connectivity index (χ1n) is 19.6. The number of nitrogens with zero attached hydrogens (tertiary/aromatic N) is 6. The molecule has 1 aliphatic heterocycles. The van der Waals surface area contributed by atoms with Gasteiger partial charge in [-0.1, -0.05) is 137 Å². The van der Waals surface area contributed by atoms with E-state index >= 15 is 8.96 Å². The maximum Gasteiger partial charge on any atom is 0.256 e. The lowest BCUT2D eigenvalue weighted by molar-refractivity contribution is -0.0189. The SMILES string of the molecule is CC(C)P(=O)(C(C)C)N(CCC#N)[C@H]1[C@@H](F)[C@@H](n2cnc3c(NC(=O)c4ccccc4)ncnc32)O[C@@H]1CNC(c1ccccc1)(c1ccccc1)c1ccccc1. The Bertz CT molecular complexity index is 2280. The van der Waals surface area contributed by atoms with Crippen molar-refractivity contribution >= 4 is 30.2 Å². The number of hydrogen-bond acceptors (Lipinski definition) is 8. The third-order valence-electron chi connectivity index (χ3n) is 11.1. The topological polar surface area (TPSA) is 138 Å². The largest absolute Gasteiger partial charge is 0.348 e. The number of halogens is 1. The summed E-state index contributed by atoms with van der Waals surface area (Å²) in [5.74, 6) is -0.217. The molecule has 3 heterocycles. The van der Waals surface area contributed by atoms with Gasteiger partial charge < -0.3 is 14.6 Å². The van der Waals surface area contributed by atoms with E-state index in [1.54, 1.807) is 28.9 Å². The number of ether oxygens (including phenoxy) is 1. The average molecular weight is 799 g/mol. The monoisotopic (exact) mass is 798 g/mol. The first-order chi connectivity index (χ1) is 28.1. The van der Waals surface area contributed by atoms with E-state index in [0.717, 1.165) is 16.7 Å². The highest BCUT2D eigenvalue weighted by Gasteiger charge is 2.55. The maximum atomic E-state index is 17.9. The second-order valence-electron chi connectivity index (χ2n) is 15.0. The van der Waals surface area contributed by atoms with Gasteiger partial charge in [-0.05, 0) is 28.8 Å². The summed E-state index contributed by atoms with van der Waals surface area (Å²) >= 11 is 0. The molecule has 0 spiro atoms. The summed E-state index contributed by atoms with van der Waals surface area (Å²) in [6.07, 6.45) is -1.11. The molecule has 0 bridgehead atoms. The van der Waals surface area contributed by atoms with Gasteiger partial charge in [0.1, 0.15) is 6.33 Å². The third-order valence-corrected chi connectivity index (χ3v) is 15.3. The smallest absolute Gasteiger partial charge is 0.256 e. The number of hydrogen-bond donors (Lipinski definition) is 2. The molecule has 6 aromatic rings. The van der Waals surface area contributed by atoms with Gasteiger partial charge in [-0.3, -0.25) is 14.7 Å². The van der Waals surface area contributed by atoms with Crippen LogP contribution in [0.2, 0.25) is 0 Å². The predicted molar refractivity (Wildman–Crippen MR) is 224 cm³/mol. The third kappa shape index (κ3) is 7.59. The Labute approximate surface area is 338 Å². The van der Waals surface area contributed by atoms with Crippen LogP contribution >= 0.6 is 7.29 Å². The van der Waals surface area contributed by atoms with Crippen molar-refractivity contribution in [1.82, 2.24) is 29.5 Å². The molecule has 0 unspecified atom stereocenters. The molecule has 2 N–H and O–H groups in total. The highest BCUT2D eigenvalue weighted by Crippen LogP contribution is 2.61. The van der Waals surface area contributed by atoms with Gasteiger partial charge in [-0.25, -0.2) is 24.0 Å². The van der Waals surface area contributed by atoms with Crippen LogP contribution in [-0.4, -0.2) is 72.8 Å². The van der Waals surface area contributed by atoms with E-state index in [9.17, 15) is 10.1 Å². The van der Waals surface area contributed by atoms with Crippen molar-refractivity contribution in [3.63, 3.8) is 0 Å². The zero-order valence-corrected chi connectivity index (χ0v) is 33.9. The Hall–Kier alpha value is -5.57. The van der Waals surface area contributed by atoms with Gasteiger partial charge in [0.25, 0.3) is 5.91 Å². The van der Waals surface area contributed by atoms with Crippen molar-refractivity contribution in [3.8, 4) is 6.07 Å². The van der Waals surface area contributed by atoms with Crippen molar-refractivity contribution in [2.24, 2.45) is 0 Å². The molecule has 13 heteroatoms. The number of nitriles is 1. The number of aromatic nitrogens is 4. The summed E-state index contributed by atoms with van der Waals surface area (Å²) < 4.78 is 43.3. The van der Waals surface area contributed by atoms with E-state index in [-0.39, 0.29) is 53.7 Å². The lowest BCUT2D eigenvalue weighted by atomic mass is 9.77. The fraction of sp³-hybridized carbons (Fsp3) is 0.311. The lowest BCUT2D eigenvalue weighted by Gasteiger charge is -2.43. The zero-order chi connectivity index (χ0) is 40.9. The second kappa shape index (κ2) is 17.5. The van der Waals surface area contributed by atoms with Gasteiger partial charge in [0.15, 0.2) is 36.7 Å². The average Bonchev–Trinajstić information content (AvgIpc) is 3.83. The van der Waals surface area contributed by atoms with Crippen LogP contribution in [-0.2, 0) is 14.8 Å². The number of rotatable bonds is 15. The Balaban J connectivity index is 1.34. The zero-order valence-electron chi connectivity index (χ0n) is 33.0. The molecule has 0 aliphatic carbocycles. The van der Waals surface area contributed by atoms with Crippen LogP contribution in [0.1, 0.15) is 67.4 Å². The molecule has 1 saturated heterocycles. The number of nitrogens with one attached hydrogen (secondary N) is 2. The molecule has 298 valence electrons. The summed E-state index contributed by atoms with van der Waals surface area (Å²) in [5.41, 5.74) is 2.28. The predicted octanol–water partition coefficient (Wildman–Crippen LogP) is 8.57. The van der Waals surface area contributed by atoms with Crippen LogP contribution in [0.3, 0.4) is 0 Å². The molecule has 58 heavy (non-hydrogen) atoms. The Kier molecular flexibility index (Phi) is 12.3. The van der Waals surface area contributed by atoms with Crippen LogP contribution in [0.4, 0.5) is 10.2 Å². The van der Waals surface area contributed by atoms with Crippen LogP contribution in [0, 0.1) is 11.3 Å². The van der Waals surface area contributed by atoms with Crippen LogP contribution in [0.15, 0.2) is 134 Å². The fourth-order valence-corrected chi connectivity index (χ4v) is 11.8. The molecule has 1 amide bonds. The van der Waals surface area contributed by atoms with Gasteiger partial charge >= 0.3 is 0 Å². The van der Waals surface area contributed by atoms with Crippen molar-refractivity contribution in [2.45, 2.75) is 75.5 Å². The van der Waals surface area contributed by atoms with Crippen LogP contribution in [0.25, 0.3) is 11.2 Å².